The molecule has 1 aromatic heterocycles. The van der Waals surface area contributed by atoms with Gasteiger partial charge in [0.15, 0.2) is 4.34 Å². The Balaban J connectivity index is 1.85. The van der Waals surface area contributed by atoms with Gasteiger partial charge in [-0.3, -0.25) is 4.79 Å². The van der Waals surface area contributed by atoms with E-state index in [0.29, 0.717) is 37.2 Å². The maximum Gasteiger partial charge on any atom is 0.233 e. The Labute approximate surface area is 167 Å². The maximum atomic E-state index is 12.4. The Bertz CT molecular complexity index is 688. The fourth-order valence-corrected chi connectivity index (χ4v) is 3.77. The van der Waals surface area contributed by atoms with E-state index < -0.39 is 0 Å². The zero-order valence-corrected chi connectivity index (χ0v) is 17.3. The highest BCUT2D eigenvalue weighted by Gasteiger charge is 2.15. The summed E-state index contributed by atoms with van der Waals surface area (Å²) < 4.78 is 16.0. The molecule has 0 atom stereocenters. The van der Waals surface area contributed by atoms with Crippen LogP contribution in [0.1, 0.15) is 0 Å². The van der Waals surface area contributed by atoms with Crippen LogP contribution in [0.3, 0.4) is 0 Å². The lowest BCUT2D eigenvalue weighted by atomic mass is 10.3. The van der Waals surface area contributed by atoms with E-state index >= 15 is 0 Å². The first kappa shape index (κ1) is 21.4. The van der Waals surface area contributed by atoms with Crippen molar-refractivity contribution in [1.82, 2.24) is 15.1 Å². The third-order valence-electron chi connectivity index (χ3n) is 3.55. The molecule has 1 aromatic carbocycles. The summed E-state index contributed by atoms with van der Waals surface area (Å²) >= 11 is 2.78. The molecular formula is C17H24N4O4S2. The lowest BCUT2D eigenvalue weighted by molar-refractivity contribution is -0.129. The van der Waals surface area contributed by atoms with Crippen LogP contribution in [-0.4, -0.2) is 74.4 Å². The van der Waals surface area contributed by atoms with Crippen molar-refractivity contribution in [1.29, 1.82) is 0 Å². The number of amides is 1. The van der Waals surface area contributed by atoms with Crippen LogP contribution in [-0.2, 0) is 14.3 Å². The van der Waals surface area contributed by atoms with Crippen LogP contribution in [0.2, 0.25) is 0 Å². The van der Waals surface area contributed by atoms with Crippen molar-refractivity contribution >= 4 is 39.8 Å². The number of nitrogens with one attached hydrogen (secondary N) is 1. The molecule has 0 saturated heterocycles. The van der Waals surface area contributed by atoms with Gasteiger partial charge in [-0.15, -0.1) is 10.2 Å². The molecule has 2 aromatic rings. The smallest absolute Gasteiger partial charge is 0.233 e. The number of rotatable bonds is 12. The molecule has 1 N–H and O–H groups in total. The van der Waals surface area contributed by atoms with Gasteiger partial charge < -0.3 is 24.4 Å². The summed E-state index contributed by atoms with van der Waals surface area (Å²) in [4.78, 5) is 14.1. The highest BCUT2D eigenvalue weighted by Crippen LogP contribution is 2.28. The summed E-state index contributed by atoms with van der Waals surface area (Å²) in [5.74, 6) is 1.11. The zero-order chi connectivity index (χ0) is 19.5. The van der Waals surface area contributed by atoms with Crippen LogP contribution in [0.25, 0.3) is 0 Å². The van der Waals surface area contributed by atoms with Crippen molar-refractivity contribution in [3.05, 3.63) is 24.3 Å². The van der Waals surface area contributed by atoms with Gasteiger partial charge in [-0.1, -0.05) is 23.1 Å². The first-order chi connectivity index (χ1) is 13.2. The molecule has 1 amide bonds. The van der Waals surface area contributed by atoms with Crippen molar-refractivity contribution in [3.63, 3.8) is 0 Å². The number of carbonyl (C=O) groups is 1. The third kappa shape index (κ3) is 7.33. The second-order valence-electron chi connectivity index (χ2n) is 5.38. The first-order valence-electron chi connectivity index (χ1n) is 8.29. The van der Waals surface area contributed by atoms with E-state index in [1.54, 1.807) is 26.2 Å². The summed E-state index contributed by atoms with van der Waals surface area (Å²) in [6.45, 7) is 2.07. The van der Waals surface area contributed by atoms with Crippen molar-refractivity contribution < 1.29 is 19.0 Å². The first-order valence-corrected chi connectivity index (χ1v) is 10.1. The predicted molar refractivity (Wildman–Crippen MR) is 107 cm³/mol. The van der Waals surface area contributed by atoms with Gasteiger partial charge in [0.2, 0.25) is 11.0 Å². The van der Waals surface area contributed by atoms with Crippen LogP contribution in [0, 0.1) is 0 Å². The van der Waals surface area contributed by atoms with Gasteiger partial charge in [0.25, 0.3) is 0 Å². The predicted octanol–water partition coefficient (Wildman–Crippen LogP) is 2.50. The minimum Gasteiger partial charge on any atom is -0.497 e. The fraction of sp³-hybridized carbons (Fsp3) is 0.471. The number of hydrogen-bond donors (Lipinski definition) is 1. The Morgan fingerprint density at radius 1 is 1.11 bits per heavy atom. The SMILES string of the molecule is COCCN(CCOC)C(=O)CSc1nnc(Nc2ccc(OC)cc2)s1. The molecule has 0 bridgehead atoms. The molecule has 0 aliphatic heterocycles. The molecule has 1 heterocycles. The summed E-state index contributed by atoms with van der Waals surface area (Å²) in [5, 5.41) is 12.1. The van der Waals surface area contributed by atoms with Gasteiger partial charge >= 0.3 is 0 Å². The quantitative estimate of drug-likeness (QED) is 0.532. The number of carbonyl (C=O) groups excluding carboxylic acids is 1. The number of thioether (sulfide) groups is 1. The number of aromatic nitrogens is 2. The normalized spacial score (nSPS) is 10.6. The molecule has 0 saturated carbocycles. The molecule has 0 unspecified atom stereocenters. The number of hydrogen-bond acceptors (Lipinski definition) is 9. The van der Waals surface area contributed by atoms with Crippen LogP contribution >= 0.6 is 23.1 Å². The standard InChI is InChI=1S/C17H24N4O4S2/c1-23-10-8-21(9-11-24-2)15(22)12-26-17-20-19-16(27-17)18-13-4-6-14(25-3)7-5-13/h4-7H,8-12H2,1-3H3,(H,18,19). The van der Waals surface area contributed by atoms with Crippen LogP contribution < -0.4 is 10.1 Å². The van der Waals surface area contributed by atoms with Crippen molar-refractivity contribution in [2.24, 2.45) is 0 Å². The molecule has 8 nitrogen and oxygen atoms in total. The van der Waals surface area contributed by atoms with Crippen LogP contribution in [0.4, 0.5) is 10.8 Å². The van der Waals surface area contributed by atoms with Gasteiger partial charge in [-0.05, 0) is 24.3 Å². The van der Waals surface area contributed by atoms with Gasteiger partial charge in [0, 0.05) is 33.0 Å². The van der Waals surface area contributed by atoms with Crippen LogP contribution in [0.5, 0.6) is 5.75 Å². The highest BCUT2D eigenvalue weighted by atomic mass is 32.2. The van der Waals surface area contributed by atoms with E-state index in [1.165, 1.54) is 23.1 Å². The zero-order valence-electron chi connectivity index (χ0n) is 15.6. The van der Waals surface area contributed by atoms with Crippen LogP contribution in [0.15, 0.2) is 28.6 Å². The van der Waals surface area contributed by atoms with Crippen molar-refractivity contribution in [2.45, 2.75) is 4.34 Å². The Morgan fingerprint density at radius 2 is 1.78 bits per heavy atom. The molecule has 0 fully saturated rings. The monoisotopic (exact) mass is 412 g/mol. The summed E-state index contributed by atoms with van der Waals surface area (Å²) in [6, 6.07) is 7.54. The largest absolute Gasteiger partial charge is 0.497 e. The fourth-order valence-electron chi connectivity index (χ4n) is 2.10. The number of methoxy groups -OCH3 is 3. The van der Waals surface area contributed by atoms with E-state index in [9.17, 15) is 4.79 Å². The van der Waals surface area contributed by atoms with Gasteiger partial charge in [0.05, 0.1) is 26.1 Å². The van der Waals surface area contributed by atoms with Crippen molar-refractivity contribution in [2.75, 3.05) is 58.7 Å². The molecular weight excluding hydrogens is 388 g/mol. The Hall–Kier alpha value is -1.88. The van der Waals surface area contributed by atoms with Crippen molar-refractivity contribution in [3.8, 4) is 5.75 Å². The number of ether oxygens (including phenoxy) is 3. The lowest BCUT2D eigenvalue weighted by Gasteiger charge is -2.21. The van der Waals surface area contributed by atoms with Gasteiger partial charge in [-0.25, -0.2) is 0 Å². The average molecular weight is 413 g/mol. The average Bonchev–Trinajstić information content (AvgIpc) is 3.14. The third-order valence-corrected chi connectivity index (χ3v) is 5.51. The second-order valence-corrected chi connectivity index (χ2v) is 7.58. The summed E-state index contributed by atoms with van der Waals surface area (Å²) in [5.41, 5.74) is 0.893. The molecule has 0 radical (unpaired) electrons. The molecule has 2 rings (SSSR count). The van der Waals surface area contributed by atoms with E-state index in [-0.39, 0.29) is 5.91 Å². The van der Waals surface area contributed by atoms with E-state index in [2.05, 4.69) is 15.5 Å². The summed E-state index contributed by atoms with van der Waals surface area (Å²) in [6.07, 6.45) is 0. The molecule has 0 spiro atoms. The molecule has 0 aliphatic carbocycles. The highest BCUT2D eigenvalue weighted by molar-refractivity contribution is 8.01. The Morgan fingerprint density at radius 3 is 2.37 bits per heavy atom. The number of benzene rings is 1. The topological polar surface area (TPSA) is 85.8 Å². The van der Waals surface area contributed by atoms with Gasteiger partial charge in [-0.2, -0.15) is 0 Å². The lowest BCUT2D eigenvalue weighted by Crippen LogP contribution is -2.37. The number of nitrogens with zero attached hydrogens (tertiary/aromatic N) is 3. The van der Waals surface area contributed by atoms with E-state index in [4.69, 9.17) is 14.2 Å². The number of anilines is 2. The van der Waals surface area contributed by atoms with E-state index in [1.807, 2.05) is 24.3 Å². The molecule has 148 valence electrons. The minimum absolute atomic E-state index is 0.0222. The molecule has 0 aliphatic rings. The summed E-state index contributed by atoms with van der Waals surface area (Å²) in [7, 11) is 4.86. The van der Waals surface area contributed by atoms with E-state index in [0.717, 1.165) is 15.8 Å². The Kier molecular flexibility index (Phi) is 9.32. The molecule has 27 heavy (non-hydrogen) atoms. The minimum atomic E-state index is 0.0222. The van der Waals surface area contributed by atoms with Gasteiger partial charge in [0.1, 0.15) is 5.75 Å². The maximum absolute atomic E-state index is 12.4. The molecule has 10 heteroatoms. The second kappa shape index (κ2) is 11.8.